The zero-order chi connectivity index (χ0) is 21.4. The lowest BCUT2D eigenvalue weighted by Crippen LogP contribution is -2.29. The number of halogens is 3. The molecule has 1 atom stereocenters. The molecule has 1 aliphatic heterocycles. The van der Waals surface area contributed by atoms with Gasteiger partial charge >= 0.3 is 0 Å². The molecule has 150 valence electrons. The molecule has 0 spiro atoms. The van der Waals surface area contributed by atoms with E-state index in [2.05, 4.69) is 4.98 Å². The maximum Gasteiger partial charge on any atom is 0.300 e. The number of hydrogen-bond acceptors (Lipinski definition) is 4. The van der Waals surface area contributed by atoms with Gasteiger partial charge in [-0.1, -0.05) is 29.3 Å². The van der Waals surface area contributed by atoms with Gasteiger partial charge in [-0.3, -0.25) is 19.5 Å². The first-order valence-corrected chi connectivity index (χ1v) is 9.56. The van der Waals surface area contributed by atoms with E-state index in [-0.39, 0.29) is 26.9 Å². The zero-order valence-corrected chi connectivity index (χ0v) is 16.7. The van der Waals surface area contributed by atoms with Crippen molar-refractivity contribution in [1.29, 1.82) is 0 Å². The number of carbonyl (C=O) groups is 2. The Kier molecular flexibility index (Phi) is 5.28. The smallest absolute Gasteiger partial charge is 0.300 e. The predicted molar refractivity (Wildman–Crippen MR) is 112 cm³/mol. The second-order valence-electron chi connectivity index (χ2n) is 6.56. The Morgan fingerprint density at radius 1 is 1.00 bits per heavy atom. The molecule has 4 rings (SSSR count). The number of aliphatic hydroxyl groups is 1. The molecule has 1 N–H and O–H groups in total. The highest BCUT2D eigenvalue weighted by molar-refractivity contribution is 6.51. The van der Waals surface area contributed by atoms with Crippen molar-refractivity contribution < 1.29 is 19.1 Å². The monoisotopic (exact) mass is 442 g/mol. The number of rotatable bonds is 3. The van der Waals surface area contributed by atoms with Crippen LogP contribution in [0.25, 0.3) is 5.76 Å². The Morgan fingerprint density at radius 2 is 1.73 bits per heavy atom. The molecular weight excluding hydrogens is 430 g/mol. The quantitative estimate of drug-likeness (QED) is 0.345. The number of carbonyl (C=O) groups excluding carboxylic acids is 2. The van der Waals surface area contributed by atoms with Gasteiger partial charge in [-0.2, -0.15) is 0 Å². The number of aliphatic hydroxyl groups excluding tert-OH is 1. The summed E-state index contributed by atoms with van der Waals surface area (Å²) in [6.07, 6.45) is 3.00. The Balaban J connectivity index is 1.95. The lowest BCUT2D eigenvalue weighted by atomic mass is 9.96. The topological polar surface area (TPSA) is 70.5 Å². The van der Waals surface area contributed by atoms with E-state index in [1.165, 1.54) is 48.8 Å². The molecule has 0 bridgehead atoms. The minimum Gasteiger partial charge on any atom is -0.507 e. The van der Waals surface area contributed by atoms with Crippen molar-refractivity contribution in [3.05, 3.63) is 99.6 Å². The van der Waals surface area contributed by atoms with E-state index in [1.54, 1.807) is 12.1 Å². The van der Waals surface area contributed by atoms with Gasteiger partial charge in [0, 0.05) is 23.6 Å². The zero-order valence-electron chi connectivity index (χ0n) is 15.2. The fourth-order valence-corrected chi connectivity index (χ4v) is 3.68. The Morgan fingerprint density at radius 3 is 2.40 bits per heavy atom. The molecule has 1 unspecified atom stereocenters. The minimum absolute atomic E-state index is 0.145. The number of amides is 1. The largest absolute Gasteiger partial charge is 0.507 e. The van der Waals surface area contributed by atoms with Gasteiger partial charge in [-0.25, -0.2) is 4.39 Å². The van der Waals surface area contributed by atoms with Crippen LogP contribution in [0.1, 0.15) is 17.2 Å². The Labute approximate surface area is 181 Å². The van der Waals surface area contributed by atoms with Crippen molar-refractivity contribution in [3.63, 3.8) is 0 Å². The van der Waals surface area contributed by atoms with Gasteiger partial charge in [0.15, 0.2) is 0 Å². The third-order valence-electron chi connectivity index (χ3n) is 4.75. The molecular formula is C22H13Cl2FN2O3. The molecule has 0 saturated carbocycles. The van der Waals surface area contributed by atoms with Crippen molar-refractivity contribution in [2.75, 3.05) is 4.90 Å². The molecule has 3 aromatic rings. The van der Waals surface area contributed by atoms with Crippen molar-refractivity contribution in [1.82, 2.24) is 4.98 Å². The number of benzene rings is 2. The van der Waals surface area contributed by atoms with Crippen LogP contribution in [0, 0.1) is 5.82 Å². The van der Waals surface area contributed by atoms with Gasteiger partial charge in [0.2, 0.25) is 0 Å². The highest BCUT2D eigenvalue weighted by Gasteiger charge is 2.47. The highest BCUT2D eigenvalue weighted by atomic mass is 35.5. The number of Topliss-reactive ketones (excluding diaryl/α,β-unsaturated/α-hetero) is 1. The third-order valence-corrected chi connectivity index (χ3v) is 5.48. The van der Waals surface area contributed by atoms with Crippen molar-refractivity contribution >= 4 is 46.3 Å². The molecule has 0 radical (unpaired) electrons. The number of hydrogen-bond donors (Lipinski definition) is 1. The summed E-state index contributed by atoms with van der Waals surface area (Å²) in [6.45, 7) is 0. The van der Waals surface area contributed by atoms with Gasteiger partial charge in [0.05, 0.1) is 21.7 Å². The maximum atomic E-state index is 13.9. The van der Waals surface area contributed by atoms with Crippen LogP contribution in [-0.2, 0) is 9.59 Å². The number of nitrogens with zero attached hydrogens (tertiary/aromatic N) is 2. The summed E-state index contributed by atoms with van der Waals surface area (Å²) in [5.74, 6) is -2.76. The molecule has 8 heteroatoms. The lowest BCUT2D eigenvalue weighted by molar-refractivity contribution is -0.132. The molecule has 1 fully saturated rings. The van der Waals surface area contributed by atoms with Gasteiger partial charge in [0.25, 0.3) is 11.7 Å². The summed E-state index contributed by atoms with van der Waals surface area (Å²) in [4.78, 5) is 31.0. The van der Waals surface area contributed by atoms with E-state index in [0.29, 0.717) is 5.56 Å². The third kappa shape index (κ3) is 3.44. The predicted octanol–water partition coefficient (Wildman–Crippen LogP) is 5.15. The lowest BCUT2D eigenvalue weighted by Gasteiger charge is -2.25. The van der Waals surface area contributed by atoms with Crippen LogP contribution >= 0.6 is 23.2 Å². The van der Waals surface area contributed by atoms with Crippen LogP contribution < -0.4 is 4.90 Å². The number of pyridine rings is 1. The van der Waals surface area contributed by atoms with E-state index >= 15 is 0 Å². The minimum atomic E-state index is -0.982. The van der Waals surface area contributed by atoms with Crippen LogP contribution in [0.3, 0.4) is 0 Å². The van der Waals surface area contributed by atoms with Crippen LogP contribution in [0.2, 0.25) is 10.0 Å². The molecule has 2 heterocycles. The number of aromatic nitrogens is 1. The van der Waals surface area contributed by atoms with Crippen molar-refractivity contribution in [3.8, 4) is 0 Å². The average Bonchev–Trinajstić information content (AvgIpc) is 3.01. The van der Waals surface area contributed by atoms with Crippen molar-refractivity contribution in [2.45, 2.75) is 6.04 Å². The summed E-state index contributed by atoms with van der Waals surface area (Å²) in [7, 11) is 0. The van der Waals surface area contributed by atoms with E-state index < -0.39 is 29.3 Å². The second kappa shape index (κ2) is 7.89. The van der Waals surface area contributed by atoms with E-state index in [9.17, 15) is 19.1 Å². The first-order chi connectivity index (χ1) is 14.4. The number of anilines is 1. The molecule has 0 aliphatic carbocycles. The van der Waals surface area contributed by atoms with E-state index in [1.807, 2.05) is 0 Å². The Bertz CT molecular complexity index is 1200. The van der Waals surface area contributed by atoms with Crippen LogP contribution in [0.4, 0.5) is 10.1 Å². The van der Waals surface area contributed by atoms with Gasteiger partial charge < -0.3 is 5.11 Å². The van der Waals surface area contributed by atoms with Crippen molar-refractivity contribution in [2.24, 2.45) is 0 Å². The second-order valence-corrected chi connectivity index (χ2v) is 7.37. The van der Waals surface area contributed by atoms with Crippen LogP contribution in [-0.4, -0.2) is 21.8 Å². The molecule has 2 aromatic carbocycles. The Hall–Kier alpha value is -3.22. The highest BCUT2D eigenvalue weighted by Crippen LogP contribution is 2.42. The van der Waals surface area contributed by atoms with E-state index in [0.717, 1.165) is 11.0 Å². The summed E-state index contributed by atoms with van der Waals surface area (Å²) >= 11 is 12.0. The summed E-state index contributed by atoms with van der Waals surface area (Å²) in [5.41, 5.74) is 0.789. The van der Waals surface area contributed by atoms with Crippen LogP contribution in [0.5, 0.6) is 0 Å². The molecule has 1 aliphatic rings. The summed E-state index contributed by atoms with van der Waals surface area (Å²) < 4.78 is 13.9. The first-order valence-electron chi connectivity index (χ1n) is 8.80. The SMILES string of the molecule is O=C1C(=O)N(c2cccc(F)c2)C(c2ccncc2)/C1=C(\O)c1ccc(Cl)c(Cl)c1. The first kappa shape index (κ1) is 20.1. The molecule has 30 heavy (non-hydrogen) atoms. The standard InChI is InChI=1S/C22H13Cl2FN2O3/c23-16-5-4-13(10-17(16)24)20(28)18-19(12-6-8-26-9-7-12)27(22(30)21(18)29)15-3-1-2-14(25)11-15/h1-11,19,28H/b20-18+. The van der Waals surface area contributed by atoms with E-state index in [4.69, 9.17) is 23.2 Å². The summed E-state index contributed by atoms with van der Waals surface area (Å²) in [6, 6.07) is 12.0. The summed E-state index contributed by atoms with van der Waals surface area (Å²) in [5, 5.41) is 11.4. The fourth-order valence-electron chi connectivity index (χ4n) is 3.38. The average molecular weight is 443 g/mol. The molecule has 1 amide bonds. The van der Waals surface area contributed by atoms with Crippen LogP contribution in [0.15, 0.2) is 72.6 Å². The van der Waals surface area contributed by atoms with Gasteiger partial charge in [-0.15, -0.1) is 0 Å². The maximum absolute atomic E-state index is 13.9. The normalized spacial score (nSPS) is 18.1. The van der Waals surface area contributed by atoms with Gasteiger partial charge in [0.1, 0.15) is 11.6 Å². The molecule has 1 saturated heterocycles. The fraction of sp³-hybridized carbons (Fsp3) is 0.0455. The van der Waals surface area contributed by atoms with Gasteiger partial charge in [-0.05, 0) is 54.1 Å². The molecule has 1 aromatic heterocycles. The molecule has 5 nitrogen and oxygen atoms in total. The number of ketones is 1.